The SMILES string of the molecule is Nc1cccc2c1CCN2C(=O)C1CCCO1. The molecule has 3 rings (SSSR count). The molecule has 2 heterocycles. The van der Waals surface area contributed by atoms with Crippen molar-refractivity contribution in [3.8, 4) is 0 Å². The number of carbonyl (C=O) groups excluding carboxylic acids is 1. The Hall–Kier alpha value is -1.55. The van der Waals surface area contributed by atoms with Gasteiger partial charge in [0.25, 0.3) is 5.91 Å². The van der Waals surface area contributed by atoms with Crippen LogP contribution in [0.2, 0.25) is 0 Å². The van der Waals surface area contributed by atoms with Gasteiger partial charge in [-0.1, -0.05) is 6.07 Å². The highest BCUT2D eigenvalue weighted by atomic mass is 16.5. The Morgan fingerprint density at radius 2 is 2.35 bits per heavy atom. The van der Waals surface area contributed by atoms with E-state index in [9.17, 15) is 4.79 Å². The monoisotopic (exact) mass is 232 g/mol. The fraction of sp³-hybridized carbons (Fsp3) is 0.462. The molecule has 1 atom stereocenters. The summed E-state index contributed by atoms with van der Waals surface area (Å²) in [5.74, 6) is 0.0897. The van der Waals surface area contributed by atoms with E-state index in [0.29, 0.717) is 6.61 Å². The van der Waals surface area contributed by atoms with Gasteiger partial charge in [0.1, 0.15) is 6.10 Å². The number of hydrogen-bond acceptors (Lipinski definition) is 3. The number of fused-ring (bicyclic) bond motifs is 1. The Labute approximate surface area is 100 Å². The molecule has 4 heteroatoms. The van der Waals surface area contributed by atoms with E-state index in [-0.39, 0.29) is 12.0 Å². The van der Waals surface area contributed by atoms with Crippen LogP contribution >= 0.6 is 0 Å². The van der Waals surface area contributed by atoms with E-state index in [4.69, 9.17) is 10.5 Å². The van der Waals surface area contributed by atoms with Crippen LogP contribution in [0.25, 0.3) is 0 Å². The maximum absolute atomic E-state index is 12.3. The Balaban J connectivity index is 1.88. The summed E-state index contributed by atoms with van der Waals surface area (Å²) >= 11 is 0. The Bertz CT molecular complexity index is 453. The highest BCUT2D eigenvalue weighted by Gasteiger charge is 2.33. The van der Waals surface area contributed by atoms with Crippen molar-refractivity contribution in [2.24, 2.45) is 0 Å². The van der Waals surface area contributed by atoms with Crippen molar-refractivity contribution in [3.63, 3.8) is 0 Å². The molecule has 0 aliphatic carbocycles. The highest BCUT2D eigenvalue weighted by Crippen LogP contribution is 2.33. The van der Waals surface area contributed by atoms with Gasteiger partial charge in [-0.2, -0.15) is 0 Å². The number of nitrogens with zero attached hydrogens (tertiary/aromatic N) is 1. The molecule has 1 fully saturated rings. The van der Waals surface area contributed by atoms with Crippen LogP contribution in [0.3, 0.4) is 0 Å². The normalized spacial score (nSPS) is 22.8. The lowest BCUT2D eigenvalue weighted by Gasteiger charge is -2.20. The molecule has 17 heavy (non-hydrogen) atoms. The lowest BCUT2D eigenvalue weighted by atomic mass is 10.1. The molecule has 1 amide bonds. The summed E-state index contributed by atoms with van der Waals surface area (Å²) in [5.41, 5.74) is 8.76. The van der Waals surface area contributed by atoms with Crippen LogP contribution in [0.15, 0.2) is 18.2 Å². The molecule has 2 N–H and O–H groups in total. The van der Waals surface area contributed by atoms with E-state index in [2.05, 4.69) is 0 Å². The van der Waals surface area contributed by atoms with Gasteiger partial charge in [-0.25, -0.2) is 0 Å². The molecule has 4 nitrogen and oxygen atoms in total. The van der Waals surface area contributed by atoms with Gasteiger partial charge in [-0.3, -0.25) is 4.79 Å². The first-order valence-corrected chi connectivity index (χ1v) is 6.08. The van der Waals surface area contributed by atoms with Gasteiger partial charge in [0.2, 0.25) is 0 Å². The zero-order valence-electron chi connectivity index (χ0n) is 9.69. The molecule has 1 saturated heterocycles. The zero-order chi connectivity index (χ0) is 11.8. The first-order chi connectivity index (χ1) is 8.27. The quantitative estimate of drug-likeness (QED) is 0.743. The van der Waals surface area contributed by atoms with E-state index >= 15 is 0 Å². The predicted molar refractivity (Wildman–Crippen MR) is 65.9 cm³/mol. The second-order valence-corrected chi connectivity index (χ2v) is 4.59. The van der Waals surface area contributed by atoms with Gasteiger partial charge in [0.05, 0.1) is 0 Å². The van der Waals surface area contributed by atoms with E-state index in [1.807, 2.05) is 23.1 Å². The maximum atomic E-state index is 12.3. The van der Waals surface area contributed by atoms with Crippen molar-refractivity contribution in [2.75, 3.05) is 23.8 Å². The molecule has 2 aliphatic rings. The summed E-state index contributed by atoms with van der Waals surface area (Å²) in [5, 5.41) is 0. The molecular weight excluding hydrogens is 216 g/mol. The summed E-state index contributed by atoms with van der Waals surface area (Å²) in [7, 11) is 0. The summed E-state index contributed by atoms with van der Waals surface area (Å²) in [6, 6.07) is 5.75. The molecule has 0 aromatic heterocycles. The maximum Gasteiger partial charge on any atom is 0.256 e. The van der Waals surface area contributed by atoms with Gasteiger partial charge in [0, 0.05) is 30.1 Å². The first kappa shape index (κ1) is 10.6. The van der Waals surface area contributed by atoms with Crippen LogP contribution in [0.1, 0.15) is 18.4 Å². The summed E-state index contributed by atoms with van der Waals surface area (Å²) in [6.45, 7) is 1.43. The fourth-order valence-electron chi connectivity index (χ4n) is 2.64. The minimum Gasteiger partial charge on any atom is -0.398 e. The van der Waals surface area contributed by atoms with Gasteiger partial charge < -0.3 is 15.4 Å². The van der Waals surface area contributed by atoms with Crippen molar-refractivity contribution in [2.45, 2.75) is 25.4 Å². The predicted octanol–water partition coefficient (Wildman–Crippen LogP) is 1.34. The lowest BCUT2D eigenvalue weighted by molar-refractivity contribution is -0.127. The van der Waals surface area contributed by atoms with Crippen molar-refractivity contribution < 1.29 is 9.53 Å². The number of ether oxygens (including phenoxy) is 1. The van der Waals surface area contributed by atoms with Crippen molar-refractivity contribution in [3.05, 3.63) is 23.8 Å². The average Bonchev–Trinajstić information content (AvgIpc) is 2.98. The van der Waals surface area contributed by atoms with Crippen LogP contribution in [0, 0.1) is 0 Å². The van der Waals surface area contributed by atoms with E-state index in [1.165, 1.54) is 0 Å². The molecule has 0 bridgehead atoms. The van der Waals surface area contributed by atoms with E-state index in [1.54, 1.807) is 0 Å². The van der Waals surface area contributed by atoms with Gasteiger partial charge in [-0.05, 0) is 31.4 Å². The molecule has 1 aromatic carbocycles. The first-order valence-electron chi connectivity index (χ1n) is 6.08. The van der Waals surface area contributed by atoms with Gasteiger partial charge in [0.15, 0.2) is 0 Å². The molecule has 2 aliphatic heterocycles. The Morgan fingerprint density at radius 3 is 3.12 bits per heavy atom. The standard InChI is InChI=1S/C13H16N2O2/c14-10-3-1-4-11-9(10)6-7-15(11)13(16)12-5-2-8-17-12/h1,3-4,12H,2,5-8,14H2. The lowest BCUT2D eigenvalue weighted by Crippen LogP contribution is -2.37. The Morgan fingerprint density at radius 1 is 1.47 bits per heavy atom. The van der Waals surface area contributed by atoms with Crippen LogP contribution < -0.4 is 10.6 Å². The van der Waals surface area contributed by atoms with Crippen LogP contribution in [-0.2, 0) is 16.0 Å². The number of benzene rings is 1. The van der Waals surface area contributed by atoms with Crippen molar-refractivity contribution in [1.82, 2.24) is 0 Å². The fourth-order valence-corrected chi connectivity index (χ4v) is 2.64. The molecule has 0 spiro atoms. The number of carbonyl (C=O) groups is 1. The molecule has 1 unspecified atom stereocenters. The number of rotatable bonds is 1. The largest absolute Gasteiger partial charge is 0.398 e. The van der Waals surface area contributed by atoms with Crippen LogP contribution in [0.4, 0.5) is 11.4 Å². The minimum absolute atomic E-state index is 0.0897. The van der Waals surface area contributed by atoms with Crippen LogP contribution in [0.5, 0.6) is 0 Å². The topological polar surface area (TPSA) is 55.6 Å². The third-order valence-electron chi connectivity index (χ3n) is 3.53. The third kappa shape index (κ3) is 1.69. The molecule has 90 valence electrons. The summed E-state index contributed by atoms with van der Waals surface area (Å²) in [6.07, 6.45) is 2.42. The second kappa shape index (κ2) is 4.04. The molecule has 1 aromatic rings. The number of amides is 1. The number of nitrogens with two attached hydrogens (primary N) is 1. The summed E-state index contributed by atoms with van der Waals surface area (Å²) < 4.78 is 5.45. The van der Waals surface area contributed by atoms with E-state index in [0.717, 1.165) is 42.7 Å². The second-order valence-electron chi connectivity index (χ2n) is 4.59. The molecular formula is C13H16N2O2. The van der Waals surface area contributed by atoms with E-state index < -0.39 is 0 Å². The Kier molecular flexibility index (Phi) is 2.52. The molecule has 0 saturated carbocycles. The van der Waals surface area contributed by atoms with Crippen LogP contribution in [-0.4, -0.2) is 25.2 Å². The zero-order valence-corrected chi connectivity index (χ0v) is 9.69. The van der Waals surface area contributed by atoms with Crippen molar-refractivity contribution in [1.29, 1.82) is 0 Å². The van der Waals surface area contributed by atoms with Crippen molar-refractivity contribution >= 4 is 17.3 Å². The number of anilines is 2. The van der Waals surface area contributed by atoms with Gasteiger partial charge in [-0.15, -0.1) is 0 Å². The highest BCUT2D eigenvalue weighted by molar-refractivity contribution is 5.99. The smallest absolute Gasteiger partial charge is 0.256 e. The third-order valence-corrected chi connectivity index (χ3v) is 3.53. The van der Waals surface area contributed by atoms with Gasteiger partial charge >= 0.3 is 0 Å². The molecule has 0 radical (unpaired) electrons. The number of nitrogen functional groups attached to an aromatic ring is 1. The minimum atomic E-state index is -0.248. The average molecular weight is 232 g/mol. The number of hydrogen-bond donors (Lipinski definition) is 1. The summed E-state index contributed by atoms with van der Waals surface area (Å²) in [4.78, 5) is 14.1.